The number of phenolic OH excluding ortho intramolecular Hbond substituents is 1. The minimum atomic E-state index is -0.466. The SMILES string of the molecule is O=C(NC1CCN(C(=O)NCC(=O)N2CCCCC2)CC1)c1cc(Cl)cc(Cl)c1O. The van der Waals surface area contributed by atoms with Crippen molar-refractivity contribution in [3.05, 3.63) is 27.7 Å². The highest BCUT2D eigenvalue weighted by atomic mass is 35.5. The maximum absolute atomic E-state index is 12.5. The Morgan fingerprint density at radius 1 is 1.00 bits per heavy atom. The van der Waals surface area contributed by atoms with Crippen molar-refractivity contribution < 1.29 is 19.5 Å². The number of nitrogens with zero attached hydrogens (tertiary/aromatic N) is 2. The van der Waals surface area contributed by atoms with Gasteiger partial charge in [-0.2, -0.15) is 0 Å². The summed E-state index contributed by atoms with van der Waals surface area (Å²) in [6.45, 7) is 2.43. The van der Waals surface area contributed by atoms with Gasteiger partial charge in [0.2, 0.25) is 5.91 Å². The van der Waals surface area contributed by atoms with Gasteiger partial charge in [-0.25, -0.2) is 4.79 Å². The number of aromatic hydroxyl groups is 1. The second kappa shape index (κ2) is 10.2. The van der Waals surface area contributed by atoms with Crippen LogP contribution in [-0.2, 0) is 4.79 Å². The molecule has 0 aliphatic carbocycles. The van der Waals surface area contributed by atoms with E-state index in [0.717, 1.165) is 32.4 Å². The number of hydrogen-bond donors (Lipinski definition) is 3. The van der Waals surface area contributed by atoms with Gasteiger partial charge in [-0.3, -0.25) is 9.59 Å². The number of nitrogens with one attached hydrogen (secondary N) is 2. The minimum Gasteiger partial charge on any atom is -0.506 e. The lowest BCUT2D eigenvalue weighted by Gasteiger charge is -2.33. The van der Waals surface area contributed by atoms with Crippen LogP contribution in [0.25, 0.3) is 0 Å². The number of carbonyl (C=O) groups is 3. The predicted octanol–water partition coefficient (Wildman–Crippen LogP) is 2.62. The average molecular weight is 457 g/mol. The van der Waals surface area contributed by atoms with Crippen molar-refractivity contribution >= 4 is 41.0 Å². The van der Waals surface area contributed by atoms with Gasteiger partial charge in [0, 0.05) is 37.2 Å². The molecule has 0 bridgehead atoms. The number of benzene rings is 1. The molecule has 0 radical (unpaired) electrons. The van der Waals surface area contributed by atoms with Gasteiger partial charge in [-0.15, -0.1) is 0 Å². The Hall–Kier alpha value is -2.19. The second-order valence-corrected chi connectivity index (χ2v) is 8.46. The Labute approximate surface area is 185 Å². The van der Waals surface area contributed by atoms with Crippen LogP contribution < -0.4 is 10.6 Å². The monoisotopic (exact) mass is 456 g/mol. The molecule has 2 saturated heterocycles. The third-order valence-corrected chi connectivity index (χ3v) is 6.00. The van der Waals surface area contributed by atoms with Crippen molar-refractivity contribution in [3.63, 3.8) is 0 Å². The number of amides is 4. The van der Waals surface area contributed by atoms with Crippen LogP contribution in [0.3, 0.4) is 0 Å². The molecule has 0 atom stereocenters. The fraction of sp³-hybridized carbons (Fsp3) is 0.550. The molecule has 0 saturated carbocycles. The molecule has 3 rings (SSSR count). The van der Waals surface area contributed by atoms with Crippen LogP contribution in [0.1, 0.15) is 42.5 Å². The first-order chi connectivity index (χ1) is 14.3. The molecule has 0 spiro atoms. The molecular weight excluding hydrogens is 431 g/mol. The highest BCUT2D eigenvalue weighted by molar-refractivity contribution is 6.36. The number of carbonyl (C=O) groups excluding carboxylic acids is 3. The molecule has 4 amide bonds. The van der Waals surface area contributed by atoms with E-state index in [1.807, 2.05) is 0 Å². The number of urea groups is 1. The van der Waals surface area contributed by atoms with Gasteiger partial charge < -0.3 is 25.5 Å². The summed E-state index contributed by atoms with van der Waals surface area (Å²) in [6.07, 6.45) is 4.30. The van der Waals surface area contributed by atoms with Gasteiger partial charge in [0.1, 0.15) is 5.75 Å². The van der Waals surface area contributed by atoms with Crippen molar-refractivity contribution in [2.45, 2.75) is 38.1 Å². The van der Waals surface area contributed by atoms with E-state index in [1.54, 1.807) is 9.80 Å². The lowest BCUT2D eigenvalue weighted by molar-refractivity contribution is -0.130. The van der Waals surface area contributed by atoms with Crippen molar-refractivity contribution in [2.75, 3.05) is 32.7 Å². The van der Waals surface area contributed by atoms with E-state index in [4.69, 9.17) is 23.2 Å². The molecule has 10 heteroatoms. The van der Waals surface area contributed by atoms with Crippen LogP contribution in [0, 0.1) is 0 Å². The van der Waals surface area contributed by atoms with Gasteiger partial charge in [-0.1, -0.05) is 23.2 Å². The normalized spacial score (nSPS) is 17.5. The lowest BCUT2D eigenvalue weighted by Crippen LogP contribution is -2.51. The fourth-order valence-electron chi connectivity index (χ4n) is 3.75. The van der Waals surface area contributed by atoms with Crippen LogP contribution in [0.2, 0.25) is 10.0 Å². The smallest absolute Gasteiger partial charge is 0.317 e. The summed E-state index contributed by atoms with van der Waals surface area (Å²) in [5.74, 6) is -0.828. The minimum absolute atomic E-state index is 0.00427. The summed E-state index contributed by atoms with van der Waals surface area (Å²) in [6, 6.07) is 2.31. The molecule has 3 N–H and O–H groups in total. The molecule has 0 unspecified atom stereocenters. The molecule has 8 nitrogen and oxygen atoms in total. The van der Waals surface area contributed by atoms with E-state index in [9.17, 15) is 19.5 Å². The van der Waals surface area contributed by atoms with Crippen molar-refractivity contribution in [3.8, 4) is 5.75 Å². The number of likely N-dealkylation sites (tertiary alicyclic amines) is 2. The average Bonchev–Trinajstić information content (AvgIpc) is 2.75. The fourth-order valence-corrected chi connectivity index (χ4v) is 4.24. The van der Waals surface area contributed by atoms with Gasteiger partial charge in [-0.05, 0) is 44.2 Å². The van der Waals surface area contributed by atoms with E-state index >= 15 is 0 Å². The third kappa shape index (κ3) is 5.70. The molecule has 2 aliphatic rings. The number of piperidine rings is 2. The van der Waals surface area contributed by atoms with E-state index in [2.05, 4.69) is 10.6 Å². The molecule has 164 valence electrons. The van der Waals surface area contributed by atoms with Crippen LogP contribution in [0.5, 0.6) is 5.75 Å². The van der Waals surface area contributed by atoms with E-state index in [0.29, 0.717) is 25.9 Å². The van der Waals surface area contributed by atoms with Gasteiger partial charge in [0.15, 0.2) is 0 Å². The van der Waals surface area contributed by atoms with Gasteiger partial charge >= 0.3 is 6.03 Å². The molecule has 2 heterocycles. The Morgan fingerprint density at radius 3 is 2.33 bits per heavy atom. The van der Waals surface area contributed by atoms with Crippen molar-refractivity contribution in [1.29, 1.82) is 0 Å². The summed E-state index contributed by atoms with van der Waals surface area (Å²) < 4.78 is 0. The lowest BCUT2D eigenvalue weighted by atomic mass is 10.0. The van der Waals surface area contributed by atoms with E-state index < -0.39 is 5.91 Å². The topological polar surface area (TPSA) is 102 Å². The summed E-state index contributed by atoms with van der Waals surface area (Å²) in [5, 5.41) is 15.8. The zero-order valence-corrected chi connectivity index (χ0v) is 18.1. The van der Waals surface area contributed by atoms with Crippen molar-refractivity contribution in [2.24, 2.45) is 0 Å². The van der Waals surface area contributed by atoms with Gasteiger partial charge in [0.25, 0.3) is 5.91 Å². The Kier molecular flexibility index (Phi) is 7.66. The maximum Gasteiger partial charge on any atom is 0.317 e. The number of hydrogen-bond acceptors (Lipinski definition) is 4. The first kappa shape index (κ1) is 22.5. The van der Waals surface area contributed by atoms with Crippen molar-refractivity contribution in [1.82, 2.24) is 20.4 Å². The molecule has 30 heavy (non-hydrogen) atoms. The standard InChI is InChI=1S/C20H26Cl2N4O4/c21-13-10-15(18(28)16(22)11-13)19(29)24-14-4-8-26(9-5-14)20(30)23-12-17(27)25-6-2-1-3-7-25/h10-11,14,28H,1-9,12H2,(H,23,30)(H,24,29). The molecular formula is C20H26Cl2N4O4. The molecule has 2 fully saturated rings. The number of phenols is 1. The maximum atomic E-state index is 12.5. The highest BCUT2D eigenvalue weighted by Crippen LogP contribution is 2.31. The van der Waals surface area contributed by atoms with Gasteiger partial charge in [0.05, 0.1) is 17.1 Å². The summed E-state index contributed by atoms with van der Waals surface area (Å²) in [4.78, 5) is 40.4. The van der Waals surface area contributed by atoms with Crippen LogP contribution in [0.15, 0.2) is 12.1 Å². The largest absolute Gasteiger partial charge is 0.506 e. The number of halogens is 2. The summed E-state index contributed by atoms with van der Waals surface area (Å²) >= 11 is 11.8. The molecule has 0 aromatic heterocycles. The first-order valence-corrected chi connectivity index (χ1v) is 10.9. The zero-order valence-electron chi connectivity index (χ0n) is 16.6. The van der Waals surface area contributed by atoms with Crippen LogP contribution in [-0.4, -0.2) is 71.5 Å². The van der Waals surface area contributed by atoms with Crippen LogP contribution >= 0.6 is 23.2 Å². The summed E-state index contributed by atoms with van der Waals surface area (Å²) in [5.41, 5.74) is 0.0175. The van der Waals surface area contributed by atoms with E-state index in [1.165, 1.54) is 12.1 Å². The van der Waals surface area contributed by atoms with Crippen LogP contribution in [0.4, 0.5) is 4.79 Å². The second-order valence-electron chi connectivity index (χ2n) is 7.62. The molecule has 1 aromatic carbocycles. The Morgan fingerprint density at radius 2 is 1.67 bits per heavy atom. The quantitative estimate of drug-likeness (QED) is 0.647. The first-order valence-electron chi connectivity index (χ1n) is 10.1. The Balaban J connectivity index is 1.43. The molecule has 2 aliphatic heterocycles. The molecule has 1 aromatic rings. The van der Waals surface area contributed by atoms with E-state index in [-0.39, 0.29) is 45.9 Å². The zero-order chi connectivity index (χ0) is 21.7. The number of rotatable bonds is 4. The third-order valence-electron chi connectivity index (χ3n) is 5.49. The highest BCUT2D eigenvalue weighted by Gasteiger charge is 2.26. The Bertz CT molecular complexity index is 806. The summed E-state index contributed by atoms with van der Waals surface area (Å²) in [7, 11) is 0. The predicted molar refractivity (Wildman–Crippen MR) is 114 cm³/mol.